The van der Waals surface area contributed by atoms with Gasteiger partial charge in [-0.2, -0.15) is 0 Å². The van der Waals surface area contributed by atoms with Crippen molar-refractivity contribution in [3.8, 4) is 5.69 Å². The highest BCUT2D eigenvalue weighted by Crippen LogP contribution is 2.24. The van der Waals surface area contributed by atoms with Gasteiger partial charge in [-0.1, -0.05) is 29.4 Å². The topological polar surface area (TPSA) is 47.8 Å². The van der Waals surface area contributed by atoms with Gasteiger partial charge in [-0.3, -0.25) is 9.36 Å². The number of carbonyl (C=O) groups is 1. The first-order valence-electron chi connectivity index (χ1n) is 8.13. The summed E-state index contributed by atoms with van der Waals surface area (Å²) < 4.78 is 14.8. The fourth-order valence-corrected chi connectivity index (χ4v) is 3.45. The smallest absolute Gasteiger partial charge is 0.195 e. The van der Waals surface area contributed by atoms with Gasteiger partial charge < -0.3 is 0 Å². The summed E-state index contributed by atoms with van der Waals surface area (Å²) in [5.74, 6) is 0.399. The van der Waals surface area contributed by atoms with Crippen LogP contribution in [0.2, 0.25) is 5.02 Å². The van der Waals surface area contributed by atoms with E-state index in [0.717, 1.165) is 22.2 Å². The molecule has 0 fully saturated rings. The molecule has 1 heterocycles. The molecule has 0 aliphatic heterocycles. The molecule has 0 spiro atoms. The first kappa shape index (κ1) is 18.6. The Morgan fingerprint density at radius 1 is 1.23 bits per heavy atom. The van der Waals surface area contributed by atoms with E-state index in [9.17, 15) is 9.18 Å². The molecule has 3 rings (SSSR count). The van der Waals surface area contributed by atoms with Gasteiger partial charge in [-0.25, -0.2) is 4.39 Å². The molecule has 26 heavy (non-hydrogen) atoms. The number of Topliss-reactive ketones (excluding diaryl/α,β-unsaturated/α-hetero) is 1. The van der Waals surface area contributed by atoms with Crippen LogP contribution >= 0.6 is 23.4 Å². The van der Waals surface area contributed by atoms with Crippen molar-refractivity contribution in [1.29, 1.82) is 0 Å². The van der Waals surface area contributed by atoms with Crippen LogP contribution in [-0.2, 0) is 0 Å². The van der Waals surface area contributed by atoms with Crippen molar-refractivity contribution in [3.05, 3.63) is 70.8 Å². The van der Waals surface area contributed by atoms with E-state index in [2.05, 4.69) is 10.2 Å². The van der Waals surface area contributed by atoms with Crippen LogP contribution in [0.15, 0.2) is 53.9 Å². The molecule has 0 bridgehead atoms. The minimum atomic E-state index is -0.340. The Morgan fingerprint density at radius 3 is 2.73 bits per heavy atom. The van der Waals surface area contributed by atoms with Crippen LogP contribution in [0.4, 0.5) is 4.39 Å². The van der Waals surface area contributed by atoms with Gasteiger partial charge in [0.1, 0.15) is 12.1 Å². The van der Waals surface area contributed by atoms with E-state index in [4.69, 9.17) is 11.6 Å². The highest BCUT2D eigenvalue weighted by atomic mass is 35.5. The number of benzene rings is 2. The highest BCUT2D eigenvalue weighted by molar-refractivity contribution is 7.99. The lowest BCUT2D eigenvalue weighted by Gasteiger charge is -2.08. The summed E-state index contributed by atoms with van der Waals surface area (Å²) in [7, 11) is 0. The average molecular weight is 390 g/mol. The predicted molar refractivity (Wildman–Crippen MR) is 102 cm³/mol. The summed E-state index contributed by atoms with van der Waals surface area (Å²) in [6, 6.07) is 11.4. The lowest BCUT2D eigenvalue weighted by atomic mass is 10.1. The van der Waals surface area contributed by atoms with E-state index in [1.165, 1.54) is 36.0 Å². The SMILES string of the molecule is Cc1ccc(-n2cnnc2SCCCC(=O)c2ccc(F)cc2)cc1Cl. The zero-order chi connectivity index (χ0) is 18.5. The molecular formula is C19H17ClFN3OS. The monoisotopic (exact) mass is 389 g/mol. The minimum Gasteiger partial charge on any atom is -0.294 e. The van der Waals surface area contributed by atoms with E-state index < -0.39 is 0 Å². The zero-order valence-corrected chi connectivity index (χ0v) is 15.7. The van der Waals surface area contributed by atoms with Gasteiger partial charge in [0.2, 0.25) is 0 Å². The molecule has 0 N–H and O–H groups in total. The van der Waals surface area contributed by atoms with E-state index in [-0.39, 0.29) is 11.6 Å². The Morgan fingerprint density at radius 2 is 2.00 bits per heavy atom. The van der Waals surface area contributed by atoms with Crippen LogP contribution in [0, 0.1) is 12.7 Å². The van der Waals surface area contributed by atoms with Crippen LogP contribution in [-0.4, -0.2) is 26.3 Å². The maximum atomic E-state index is 12.9. The summed E-state index contributed by atoms with van der Waals surface area (Å²) in [5.41, 5.74) is 2.45. The molecule has 0 amide bonds. The van der Waals surface area contributed by atoms with Crippen LogP contribution < -0.4 is 0 Å². The molecule has 0 saturated heterocycles. The molecule has 134 valence electrons. The summed E-state index contributed by atoms with van der Waals surface area (Å²) in [5, 5.41) is 9.54. The molecule has 4 nitrogen and oxygen atoms in total. The second-order valence-corrected chi connectivity index (χ2v) is 7.27. The predicted octanol–water partition coefficient (Wildman–Crippen LogP) is 5.12. The molecule has 0 radical (unpaired) electrons. The van der Waals surface area contributed by atoms with Crippen molar-refractivity contribution in [1.82, 2.24) is 14.8 Å². The molecule has 1 aromatic heterocycles. The number of aryl methyl sites for hydroxylation is 1. The number of ketones is 1. The molecule has 3 aromatic rings. The number of nitrogens with zero attached hydrogens (tertiary/aromatic N) is 3. The fraction of sp³-hybridized carbons (Fsp3) is 0.211. The summed E-state index contributed by atoms with van der Waals surface area (Å²) in [6.07, 6.45) is 2.75. The fourth-order valence-electron chi connectivity index (χ4n) is 2.41. The van der Waals surface area contributed by atoms with Gasteiger partial charge in [0.25, 0.3) is 0 Å². The Balaban J connectivity index is 1.56. The van der Waals surface area contributed by atoms with Crippen LogP contribution in [0.1, 0.15) is 28.8 Å². The number of halogens is 2. The van der Waals surface area contributed by atoms with E-state index >= 15 is 0 Å². The average Bonchev–Trinajstić information content (AvgIpc) is 3.10. The number of hydrogen-bond donors (Lipinski definition) is 0. The lowest BCUT2D eigenvalue weighted by Crippen LogP contribution is -2.00. The molecular weight excluding hydrogens is 373 g/mol. The maximum Gasteiger partial charge on any atom is 0.195 e. The van der Waals surface area contributed by atoms with Crippen molar-refractivity contribution in [2.24, 2.45) is 0 Å². The summed E-state index contributed by atoms with van der Waals surface area (Å²) in [4.78, 5) is 12.1. The first-order valence-corrected chi connectivity index (χ1v) is 9.49. The summed E-state index contributed by atoms with van der Waals surface area (Å²) in [6.45, 7) is 1.95. The van der Waals surface area contributed by atoms with Gasteiger partial charge in [0.15, 0.2) is 10.9 Å². The minimum absolute atomic E-state index is 0.0115. The van der Waals surface area contributed by atoms with Gasteiger partial charge >= 0.3 is 0 Å². The molecule has 0 aliphatic carbocycles. The van der Waals surface area contributed by atoms with E-state index in [0.29, 0.717) is 23.4 Å². The quantitative estimate of drug-likeness (QED) is 0.319. The van der Waals surface area contributed by atoms with Gasteiger partial charge in [0, 0.05) is 22.8 Å². The maximum absolute atomic E-state index is 12.9. The number of thioether (sulfide) groups is 1. The van der Waals surface area contributed by atoms with Crippen LogP contribution in [0.5, 0.6) is 0 Å². The van der Waals surface area contributed by atoms with Crippen LogP contribution in [0.3, 0.4) is 0 Å². The molecule has 0 unspecified atom stereocenters. The van der Waals surface area contributed by atoms with Crippen molar-refractivity contribution in [2.75, 3.05) is 5.75 Å². The largest absolute Gasteiger partial charge is 0.294 e. The zero-order valence-electron chi connectivity index (χ0n) is 14.2. The summed E-state index contributed by atoms with van der Waals surface area (Å²) >= 11 is 7.72. The Bertz CT molecular complexity index is 911. The number of hydrogen-bond acceptors (Lipinski definition) is 4. The third-order valence-corrected chi connectivity index (χ3v) is 5.33. The molecule has 2 aromatic carbocycles. The normalized spacial score (nSPS) is 10.9. The second kappa shape index (κ2) is 8.47. The van der Waals surface area contributed by atoms with Crippen LogP contribution in [0.25, 0.3) is 5.69 Å². The first-order chi connectivity index (χ1) is 12.5. The van der Waals surface area contributed by atoms with Crippen molar-refractivity contribution in [3.63, 3.8) is 0 Å². The molecule has 0 atom stereocenters. The van der Waals surface area contributed by atoms with Crippen molar-refractivity contribution < 1.29 is 9.18 Å². The Labute approximate surface area is 160 Å². The Hall–Kier alpha value is -2.18. The number of aromatic nitrogens is 3. The second-order valence-electron chi connectivity index (χ2n) is 5.80. The third-order valence-electron chi connectivity index (χ3n) is 3.90. The van der Waals surface area contributed by atoms with Crippen molar-refractivity contribution >= 4 is 29.1 Å². The molecule has 0 saturated carbocycles. The highest BCUT2D eigenvalue weighted by Gasteiger charge is 2.10. The van der Waals surface area contributed by atoms with Gasteiger partial charge in [-0.05, 0) is 55.3 Å². The van der Waals surface area contributed by atoms with Gasteiger partial charge in [-0.15, -0.1) is 10.2 Å². The number of rotatable bonds is 7. The van der Waals surface area contributed by atoms with Gasteiger partial charge in [0.05, 0.1) is 5.69 Å². The molecule has 7 heteroatoms. The Kier molecular flexibility index (Phi) is 6.06. The molecule has 0 aliphatic rings. The number of carbonyl (C=O) groups excluding carboxylic acids is 1. The van der Waals surface area contributed by atoms with E-state index in [1.807, 2.05) is 29.7 Å². The van der Waals surface area contributed by atoms with E-state index in [1.54, 1.807) is 6.33 Å². The lowest BCUT2D eigenvalue weighted by molar-refractivity contribution is 0.0982. The third kappa shape index (κ3) is 4.51. The van der Waals surface area contributed by atoms with Crippen molar-refractivity contribution in [2.45, 2.75) is 24.9 Å². The standard InChI is InChI=1S/C19H17ClFN3OS/c1-13-4-9-16(11-17(13)20)24-12-22-23-19(24)26-10-2-3-18(25)14-5-7-15(21)8-6-14/h4-9,11-12H,2-3,10H2,1H3.